The van der Waals surface area contributed by atoms with Gasteiger partial charge in [0, 0.05) is 45.5 Å². The van der Waals surface area contributed by atoms with Gasteiger partial charge in [0.2, 0.25) is 6.41 Å². The van der Waals surface area contributed by atoms with Gasteiger partial charge in [-0.25, -0.2) is 9.97 Å². The van der Waals surface area contributed by atoms with Crippen molar-refractivity contribution in [3.05, 3.63) is 44.9 Å². The summed E-state index contributed by atoms with van der Waals surface area (Å²) in [6, 6.07) is 4.25. The van der Waals surface area contributed by atoms with Crippen molar-refractivity contribution < 1.29 is 19.4 Å². The molecule has 1 saturated heterocycles. The van der Waals surface area contributed by atoms with Crippen molar-refractivity contribution in [1.29, 1.82) is 0 Å². The highest BCUT2D eigenvalue weighted by atomic mass is 32.2. The second-order valence-electron chi connectivity index (χ2n) is 11.4. The summed E-state index contributed by atoms with van der Waals surface area (Å²) in [6.07, 6.45) is 6.51. The Labute approximate surface area is 284 Å². The summed E-state index contributed by atoms with van der Waals surface area (Å²) in [5, 5.41) is 17.1. The molecule has 0 bridgehead atoms. The van der Waals surface area contributed by atoms with Gasteiger partial charge in [-0.15, -0.1) is 23.1 Å². The van der Waals surface area contributed by atoms with Crippen LogP contribution in [0.4, 0.5) is 5.82 Å². The zero-order valence-electron chi connectivity index (χ0n) is 29.0. The number of carbonyl (C=O) groups is 2. The maximum Gasteiger partial charge on any atom is 0.292 e. The van der Waals surface area contributed by atoms with Crippen molar-refractivity contribution >= 4 is 54.2 Å². The maximum atomic E-state index is 11.0. The zero-order chi connectivity index (χ0) is 34.5. The third kappa shape index (κ3) is 15.6. The normalized spacial score (nSPS) is 15.0. The molecule has 3 rings (SSSR count). The van der Waals surface area contributed by atoms with Gasteiger partial charge < -0.3 is 25.0 Å². The van der Waals surface area contributed by atoms with E-state index in [0.717, 1.165) is 96.8 Å². The summed E-state index contributed by atoms with van der Waals surface area (Å²) in [4.78, 5) is 40.2. The van der Waals surface area contributed by atoms with Crippen LogP contribution in [0.5, 0.6) is 0 Å². The standard InChI is InChI=1S/C16H33N3O2.C15H18N4S2.C2H4O2/c1-5-7-15(18(4)14-20)12-19(6-2)13-16(21)8-10-17(3)11-9-16;1-10-5-6-14(17-7-10)18-9-20-8-13(16-4)15-11(2)19-12(3)21-15;1-4-2-3/h14-15,21H,5-13H2,1-4H3;5-8H,4,9H2,1-3H3,(H,17,18);2H,1H3/b;13-8-;/t15-;;/m1../s1. The van der Waals surface area contributed by atoms with Crippen LogP contribution in [0.1, 0.15) is 60.7 Å². The number of aromatic nitrogens is 2. The minimum atomic E-state index is -0.570. The number of nitrogens with zero attached hydrogens (tertiary/aromatic N) is 6. The quantitative estimate of drug-likeness (QED) is 0.108. The highest BCUT2D eigenvalue weighted by Crippen LogP contribution is 2.28. The molecule has 2 aromatic rings. The number of piperidine rings is 1. The number of hydrogen-bond donors (Lipinski definition) is 2. The fourth-order valence-corrected chi connectivity index (χ4v) is 6.43. The number of aryl methyl sites for hydroxylation is 3. The Morgan fingerprint density at radius 1 is 1.28 bits per heavy atom. The number of hydrogen-bond acceptors (Lipinski definition) is 12. The number of aliphatic hydroxyl groups is 1. The first-order valence-electron chi connectivity index (χ1n) is 15.6. The number of ether oxygens (including phenoxy) is 1. The fraction of sp³-hybridized carbons (Fsp3) is 0.606. The molecule has 0 radical (unpaired) electrons. The molecule has 46 heavy (non-hydrogen) atoms. The molecule has 0 aromatic carbocycles. The number of methoxy groups -OCH3 is 1. The predicted octanol–water partition coefficient (Wildman–Crippen LogP) is 5.08. The fourth-order valence-electron chi connectivity index (χ4n) is 4.80. The van der Waals surface area contributed by atoms with E-state index in [4.69, 9.17) is 4.79 Å². The molecule has 1 amide bonds. The first kappa shape index (κ1) is 41.2. The molecule has 0 unspecified atom stereocenters. The third-order valence-electron chi connectivity index (χ3n) is 7.56. The molecule has 1 aliphatic heterocycles. The van der Waals surface area contributed by atoms with Crippen LogP contribution in [0.3, 0.4) is 0 Å². The number of rotatable bonds is 16. The van der Waals surface area contributed by atoms with Gasteiger partial charge in [-0.3, -0.25) is 19.5 Å². The molecule has 11 nitrogen and oxygen atoms in total. The molecule has 258 valence electrons. The summed E-state index contributed by atoms with van der Waals surface area (Å²) in [6.45, 7) is 18.7. The van der Waals surface area contributed by atoms with Crippen molar-refractivity contribution in [3.63, 3.8) is 0 Å². The Balaban J connectivity index is 0.000000412. The summed E-state index contributed by atoms with van der Waals surface area (Å²) in [5.74, 6) is 1.60. The molecule has 0 saturated carbocycles. The number of likely N-dealkylation sites (N-methyl/N-ethyl adjacent to an activating group) is 2. The van der Waals surface area contributed by atoms with Crippen LogP contribution >= 0.6 is 23.1 Å². The largest absolute Gasteiger partial charge is 0.471 e. The van der Waals surface area contributed by atoms with Crippen molar-refractivity contribution in [2.24, 2.45) is 4.99 Å². The lowest BCUT2D eigenvalue weighted by atomic mass is 9.91. The van der Waals surface area contributed by atoms with Crippen LogP contribution in [0.15, 0.2) is 28.7 Å². The molecule has 1 fully saturated rings. The molecule has 2 aromatic heterocycles. The topological polar surface area (TPSA) is 123 Å². The van der Waals surface area contributed by atoms with Gasteiger partial charge in [-0.2, -0.15) is 0 Å². The number of thioether (sulfide) groups is 1. The van der Waals surface area contributed by atoms with Crippen molar-refractivity contribution in [2.75, 3.05) is 65.1 Å². The van der Waals surface area contributed by atoms with E-state index in [1.807, 2.05) is 51.6 Å². The van der Waals surface area contributed by atoms with Gasteiger partial charge in [0.25, 0.3) is 6.47 Å². The van der Waals surface area contributed by atoms with Gasteiger partial charge in [-0.1, -0.05) is 26.3 Å². The van der Waals surface area contributed by atoms with E-state index in [1.54, 1.807) is 28.0 Å². The van der Waals surface area contributed by atoms with Crippen LogP contribution < -0.4 is 5.32 Å². The van der Waals surface area contributed by atoms with Crippen LogP contribution in [0, 0.1) is 20.8 Å². The average Bonchev–Trinajstić information content (AvgIpc) is 3.39. The lowest BCUT2D eigenvalue weighted by molar-refractivity contribution is -0.126. The number of carbonyl (C=O) groups excluding carboxylic acids is 2. The summed E-state index contributed by atoms with van der Waals surface area (Å²) in [7, 11) is 5.27. The van der Waals surface area contributed by atoms with Crippen LogP contribution in [-0.2, 0) is 14.3 Å². The Morgan fingerprint density at radius 2 is 1.96 bits per heavy atom. The lowest BCUT2D eigenvalue weighted by Gasteiger charge is -2.41. The molecule has 0 spiro atoms. The molecular formula is C33H55N7O4S2. The number of amides is 1. The number of pyridine rings is 1. The Kier molecular flexibility index (Phi) is 20.3. The van der Waals surface area contributed by atoms with Crippen LogP contribution in [0.25, 0.3) is 5.70 Å². The van der Waals surface area contributed by atoms with Gasteiger partial charge in [0.1, 0.15) is 5.82 Å². The van der Waals surface area contributed by atoms with E-state index in [9.17, 15) is 9.90 Å². The van der Waals surface area contributed by atoms with Crippen LogP contribution in [0.2, 0.25) is 0 Å². The SMILES string of the molecule is C=N/C(=C\SCNc1ccc(C)cn1)c1sc(C)nc1C.CCC[C@H](CN(CC)CC1(O)CCN(C)CC1)N(C)C=O.COC=O. The van der Waals surface area contributed by atoms with E-state index in [2.05, 4.69) is 62.4 Å². The van der Waals surface area contributed by atoms with Crippen molar-refractivity contribution in [1.82, 2.24) is 24.7 Å². The number of nitrogens with one attached hydrogen (secondary N) is 1. The van der Waals surface area contributed by atoms with E-state index < -0.39 is 5.60 Å². The summed E-state index contributed by atoms with van der Waals surface area (Å²) >= 11 is 3.27. The molecule has 1 aliphatic rings. The second kappa shape index (κ2) is 22.6. The van der Waals surface area contributed by atoms with Gasteiger partial charge in [0.05, 0.1) is 39.9 Å². The summed E-state index contributed by atoms with van der Waals surface area (Å²) in [5.41, 5.74) is 2.47. The first-order valence-corrected chi connectivity index (χ1v) is 17.5. The van der Waals surface area contributed by atoms with E-state index in [0.29, 0.717) is 13.0 Å². The van der Waals surface area contributed by atoms with Crippen molar-refractivity contribution in [2.45, 2.75) is 71.9 Å². The lowest BCUT2D eigenvalue weighted by Crippen LogP contribution is -2.52. The number of aliphatic imine (C=N–C) groups is 1. The molecule has 2 N–H and O–H groups in total. The molecular weight excluding hydrogens is 623 g/mol. The third-order valence-corrected chi connectivity index (χ3v) is 9.36. The maximum absolute atomic E-state index is 11.0. The molecule has 1 atom stereocenters. The minimum absolute atomic E-state index is 0.238. The van der Waals surface area contributed by atoms with E-state index in [-0.39, 0.29) is 6.04 Å². The van der Waals surface area contributed by atoms with Gasteiger partial charge in [0.15, 0.2) is 0 Å². The van der Waals surface area contributed by atoms with Crippen molar-refractivity contribution in [3.8, 4) is 0 Å². The summed E-state index contributed by atoms with van der Waals surface area (Å²) < 4.78 is 3.86. The number of anilines is 1. The number of thiazole rings is 1. The number of likely N-dealkylation sites (tertiary alicyclic amines) is 1. The van der Waals surface area contributed by atoms with Gasteiger partial charge >= 0.3 is 0 Å². The highest BCUT2D eigenvalue weighted by molar-refractivity contribution is 8.02. The Morgan fingerprint density at radius 3 is 2.43 bits per heavy atom. The molecule has 13 heteroatoms. The molecule has 3 heterocycles. The van der Waals surface area contributed by atoms with Crippen LogP contribution in [-0.4, -0.2) is 121 Å². The Hall–Kier alpha value is -2.84. The van der Waals surface area contributed by atoms with E-state index in [1.165, 1.54) is 7.11 Å². The van der Waals surface area contributed by atoms with E-state index >= 15 is 0 Å². The first-order chi connectivity index (χ1) is 21.9. The zero-order valence-corrected chi connectivity index (χ0v) is 30.6. The second-order valence-corrected chi connectivity index (χ2v) is 13.5. The smallest absolute Gasteiger partial charge is 0.292 e. The minimum Gasteiger partial charge on any atom is -0.471 e. The average molecular weight is 678 g/mol. The molecule has 0 aliphatic carbocycles. The van der Waals surface area contributed by atoms with Gasteiger partial charge in [-0.05, 0) is 77.4 Å². The highest BCUT2D eigenvalue weighted by Gasteiger charge is 2.33. The predicted molar refractivity (Wildman–Crippen MR) is 194 cm³/mol. The monoisotopic (exact) mass is 677 g/mol. The Bertz CT molecular complexity index is 1190.